The fourth-order valence-electron chi connectivity index (χ4n) is 4.91. The molecular formula is C26H24F3NO2S. The van der Waals surface area contributed by atoms with Crippen molar-refractivity contribution in [2.24, 2.45) is 0 Å². The quantitative estimate of drug-likeness (QED) is 0.447. The van der Waals surface area contributed by atoms with Crippen LogP contribution < -0.4 is 4.31 Å². The SMILES string of the molecule is CC1(C)CN(S(=O)(=O)c2ccc3c(c2)CCC3)c2ccc(-c3ccc(C(F)(F)F)cc3)cc21. The van der Waals surface area contributed by atoms with Crippen molar-refractivity contribution in [1.29, 1.82) is 0 Å². The van der Waals surface area contributed by atoms with Gasteiger partial charge in [0.1, 0.15) is 0 Å². The van der Waals surface area contributed by atoms with Crippen LogP contribution in [0.25, 0.3) is 11.1 Å². The molecule has 0 unspecified atom stereocenters. The van der Waals surface area contributed by atoms with Crippen LogP contribution in [0.5, 0.6) is 0 Å². The van der Waals surface area contributed by atoms with Crippen molar-refractivity contribution in [2.75, 3.05) is 10.8 Å². The third kappa shape index (κ3) is 3.72. The topological polar surface area (TPSA) is 37.4 Å². The third-order valence-corrected chi connectivity index (χ3v) is 8.49. The van der Waals surface area contributed by atoms with Gasteiger partial charge in [0.05, 0.1) is 16.1 Å². The summed E-state index contributed by atoms with van der Waals surface area (Å²) in [6.07, 6.45) is -1.45. The summed E-state index contributed by atoms with van der Waals surface area (Å²) < 4.78 is 67.4. The van der Waals surface area contributed by atoms with Gasteiger partial charge in [0.2, 0.25) is 0 Å². The Morgan fingerprint density at radius 3 is 2.21 bits per heavy atom. The van der Waals surface area contributed by atoms with Gasteiger partial charge in [-0.2, -0.15) is 13.2 Å². The minimum atomic E-state index is -4.38. The average molecular weight is 472 g/mol. The van der Waals surface area contributed by atoms with E-state index in [9.17, 15) is 21.6 Å². The van der Waals surface area contributed by atoms with Crippen molar-refractivity contribution >= 4 is 15.7 Å². The number of sulfonamides is 1. The predicted molar refractivity (Wildman–Crippen MR) is 123 cm³/mol. The Balaban J connectivity index is 1.53. The van der Waals surface area contributed by atoms with Crippen LogP contribution in [0.2, 0.25) is 0 Å². The van der Waals surface area contributed by atoms with Crippen molar-refractivity contribution in [3.8, 4) is 11.1 Å². The molecule has 3 aromatic carbocycles. The molecule has 0 saturated heterocycles. The van der Waals surface area contributed by atoms with E-state index in [1.54, 1.807) is 24.3 Å². The second-order valence-electron chi connectivity index (χ2n) is 9.49. The molecule has 33 heavy (non-hydrogen) atoms. The highest BCUT2D eigenvalue weighted by atomic mass is 32.2. The fourth-order valence-corrected chi connectivity index (χ4v) is 6.60. The van der Waals surface area contributed by atoms with Gasteiger partial charge in [-0.3, -0.25) is 4.31 Å². The summed E-state index contributed by atoms with van der Waals surface area (Å²) in [6.45, 7) is 4.28. The van der Waals surface area contributed by atoms with E-state index in [0.29, 0.717) is 22.7 Å². The number of hydrogen-bond donors (Lipinski definition) is 0. The first kappa shape index (κ1) is 22.0. The largest absolute Gasteiger partial charge is 0.416 e. The van der Waals surface area contributed by atoms with Crippen molar-refractivity contribution in [1.82, 2.24) is 0 Å². The lowest BCUT2D eigenvalue weighted by molar-refractivity contribution is -0.137. The van der Waals surface area contributed by atoms with Crippen molar-refractivity contribution in [2.45, 2.75) is 49.6 Å². The Bertz CT molecular complexity index is 1340. The number of fused-ring (bicyclic) bond motifs is 2. The first-order valence-electron chi connectivity index (χ1n) is 10.9. The molecule has 3 aromatic rings. The summed E-state index contributed by atoms with van der Waals surface area (Å²) in [5.41, 5.74) is 4.08. The summed E-state index contributed by atoms with van der Waals surface area (Å²) in [6, 6.07) is 15.9. The molecule has 3 nitrogen and oxygen atoms in total. The second-order valence-corrected chi connectivity index (χ2v) is 11.3. The predicted octanol–water partition coefficient (Wildman–Crippen LogP) is 6.35. The van der Waals surface area contributed by atoms with Gasteiger partial charge in [-0.25, -0.2) is 8.42 Å². The minimum absolute atomic E-state index is 0.304. The highest BCUT2D eigenvalue weighted by Gasteiger charge is 2.41. The molecule has 1 heterocycles. The summed E-state index contributed by atoms with van der Waals surface area (Å²) >= 11 is 0. The lowest BCUT2D eigenvalue weighted by atomic mass is 9.85. The number of hydrogen-bond acceptors (Lipinski definition) is 2. The third-order valence-electron chi connectivity index (χ3n) is 6.74. The molecule has 0 fully saturated rings. The Kier molecular flexibility index (Phi) is 4.90. The van der Waals surface area contributed by atoms with Gasteiger partial charge in [-0.15, -0.1) is 0 Å². The van der Waals surface area contributed by atoms with E-state index in [4.69, 9.17) is 0 Å². The lowest BCUT2D eigenvalue weighted by Gasteiger charge is -2.22. The maximum absolute atomic E-state index is 13.6. The first-order valence-corrected chi connectivity index (χ1v) is 12.4. The number of halogens is 3. The lowest BCUT2D eigenvalue weighted by Crippen LogP contribution is -2.34. The van der Waals surface area contributed by atoms with Crippen LogP contribution in [-0.4, -0.2) is 15.0 Å². The Hall–Kier alpha value is -2.80. The number of nitrogens with zero attached hydrogens (tertiary/aromatic N) is 1. The smallest absolute Gasteiger partial charge is 0.265 e. The fraction of sp³-hybridized carbons (Fsp3) is 0.308. The molecule has 0 bridgehead atoms. The maximum Gasteiger partial charge on any atom is 0.416 e. The zero-order valence-corrected chi connectivity index (χ0v) is 19.2. The van der Waals surface area contributed by atoms with Gasteiger partial charge in [-0.1, -0.05) is 38.1 Å². The zero-order valence-electron chi connectivity index (χ0n) is 18.4. The Morgan fingerprint density at radius 2 is 1.52 bits per heavy atom. The monoisotopic (exact) mass is 471 g/mol. The number of alkyl halides is 3. The van der Waals surface area contributed by atoms with Gasteiger partial charge in [0.25, 0.3) is 10.0 Å². The highest BCUT2D eigenvalue weighted by Crippen LogP contribution is 2.45. The van der Waals surface area contributed by atoms with Crippen LogP contribution in [0, 0.1) is 0 Å². The molecule has 0 atom stereocenters. The average Bonchev–Trinajstić information content (AvgIpc) is 3.35. The molecular weight excluding hydrogens is 447 g/mol. The van der Waals surface area contributed by atoms with E-state index in [1.165, 1.54) is 22.0 Å². The summed E-state index contributed by atoms with van der Waals surface area (Å²) in [7, 11) is -3.74. The Labute approximate surface area is 191 Å². The van der Waals surface area contributed by atoms with Crippen LogP contribution in [-0.2, 0) is 34.5 Å². The van der Waals surface area contributed by atoms with Crippen LogP contribution in [0.15, 0.2) is 65.6 Å². The zero-order chi connectivity index (χ0) is 23.6. The van der Waals surface area contributed by atoms with Crippen molar-refractivity contribution in [3.05, 3.63) is 82.9 Å². The highest BCUT2D eigenvalue weighted by molar-refractivity contribution is 7.92. The van der Waals surface area contributed by atoms with Crippen LogP contribution >= 0.6 is 0 Å². The van der Waals surface area contributed by atoms with Gasteiger partial charge < -0.3 is 0 Å². The van der Waals surface area contributed by atoms with Crippen LogP contribution in [0.4, 0.5) is 18.9 Å². The van der Waals surface area contributed by atoms with Crippen molar-refractivity contribution in [3.63, 3.8) is 0 Å². The first-order chi connectivity index (χ1) is 15.5. The van der Waals surface area contributed by atoms with Gasteiger partial charge in [0, 0.05) is 12.0 Å². The van der Waals surface area contributed by atoms with E-state index >= 15 is 0 Å². The van der Waals surface area contributed by atoms with E-state index < -0.39 is 27.2 Å². The number of benzene rings is 3. The molecule has 0 amide bonds. The van der Waals surface area contributed by atoms with Crippen LogP contribution in [0.1, 0.15) is 42.5 Å². The molecule has 7 heteroatoms. The number of aryl methyl sites for hydroxylation is 2. The summed E-state index contributed by atoms with van der Waals surface area (Å²) in [5.74, 6) is 0. The summed E-state index contributed by atoms with van der Waals surface area (Å²) in [5, 5.41) is 0. The van der Waals surface area contributed by atoms with Gasteiger partial charge in [0.15, 0.2) is 0 Å². The van der Waals surface area contributed by atoms with E-state index in [2.05, 4.69) is 0 Å². The Morgan fingerprint density at radius 1 is 0.848 bits per heavy atom. The van der Waals surface area contributed by atoms with E-state index in [1.807, 2.05) is 26.0 Å². The maximum atomic E-state index is 13.6. The van der Waals surface area contributed by atoms with E-state index in [0.717, 1.165) is 48.1 Å². The molecule has 2 aliphatic rings. The molecule has 0 spiro atoms. The standard InChI is InChI=1S/C26H24F3NO2S/c1-25(2)16-30(33(31,32)22-12-8-17-4-3-5-19(17)14-22)24-13-9-20(15-23(24)25)18-6-10-21(11-7-18)26(27,28)29/h6-15H,3-5,16H2,1-2H3. The molecule has 0 N–H and O–H groups in total. The molecule has 172 valence electrons. The van der Waals surface area contributed by atoms with Gasteiger partial charge >= 0.3 is 6.18 Å². The normalized spacial score (nSPS) is 17.2. The molecule has 5 rings (SSSR count). The molecule has 0 saturated carbocycles. The molecule has 0 aromatic heterocycles. The van der Waals surface area contributed by atoms with Gasteiger partial charge in [-0.05, 0) is 83.5 Å². The molecule has 1 aliphatic heterocycles. The van der Waals surface area contributed by atoms with E-state index in [-0.39, 0.29) is 0 Å². The molecule has 1 aliphatic carbocycles. The number of rotatable bonds is 3. The number of anilines is 1. The van der Waals surface area contributed by atoms with Crippen molar-refractivity contribution < 1.29 is 21.6 Å². The minimum Gasteiger partial charge on any atom is -0.265 e. The molecule has 0 radical (unpaired) electrons. The summed E-state index contributed by atoms with van der Waals surface area (Å²) in [4.78, 5) is 0.304. The second kappa shape index (κ2) is 7.35. The van der Waals surface area contributed by atoms with Crippen LogP contribution in [0.3, 0.4) is 0 Å².